The lowest BCUT2D eigenvalue weighted by molar-refractivity contribution is -0.135. The van der Waals surface area contributed by atoms with Crippen LogP contribution < -0.4 is 21.7 Å². The van der Waals surface area contributed by atoms with Gasteiger partial charge in [-0.1, -0.05) is 48.3 Å². The summed E-state index contributed by atoms with van der Waals surface area (Å²) < 4.78 is 7.24. The molecule has 19 heteroatoms. The maximum absolute atomic E-state index is 12.8. The van der Waals surface area contributed by atoms with Gasteiger partial charge in [0.2, 0.25) is 17.7 Å². The largest absolute Gasteiger partial charge is 0.508 e. The zero-order chi connectivity index (χ0) is 45.3. The average molecular weight is 912 g/mol. The minimum atomic E-state index is -0.562. The van der Waals surface area contributed by atoms with Crippen LogP contribution in [0, 0.1) is 0 Å². The monoisotopic (exact) mass is 910 g/mol. The highest BCUT2D eigenvalue weighted by atomic mass is 35.5. The van der Waals surface area contributed by atoms with E-state index in [2.05, 4.69) is 30.9 Å². The number of carbonyl (C=O) groups excluding carboxylic acids is 4. The molecule has 0 spiro atoms. The van der Waals surface area contributed by atoms with Crippen molar-refractivity contribution in [2.24, 2.45) is 0 Å². The van der Waals surface area contributed by atoms with Crippen LogP contribution in [0.4, 0.5) is 5.82 Å². The smallest absolute Gasteiger partial charge is 0.269 e. The second-order valence-electron chi connectivity index (χ2n) is 15.1. The van der Waals surface area contributed by atoms with E-state index in [1.54, 1.807) is 70.6 Å². The number of H-pyrrole nitrogens is 1. The van der Waals surface area contributed by atoms with Gasteiger partial charge in [-0.3, -0.25) is 28.8 Å². The molecule has 0 bridgehead atoms. The third kappa shape index (κ3) is 10.5. The number of hydrogen-bond donors (Lipinski definition) is 7. The van der Waals surface area contributed by atoms with E-state index < -0.39 is 12.5 Å². The number of fused-ring (bicyclic) bond motifs is 3. The summed E-state index contributed by atoms with van der Waals surface area (Å²) in [5.41, 5.74) is 14.6. The standard InChI is InChI=1S/C45H48Cl2N10O7/c1-2-29-31(23-53-44(48)40(29)26-3-6-28(59)7-4-26)27-5-8-36(52-22-27)45(63)51-13-9-37(60)50-15-20-64-19-12-38(61)49-14-18-57-17-11-35(55-57)30-21-33(46)42(47)43-41(30)32-24-56(39(62)25-58)16-10-34(32)54-43/h3-8,11,17,21-23,54,58-59H,2,9-10,12-16,18-20,24-25H2,1H3,(H2,48,53)(H,49,61)(H,50,60)(H,51,63). The van der Waals surface area contributed by atoms with E-state index in [4.69, 9.17) is 38.8 Å². The number of rotatable bonds is 18. The van der Waals surface area contributed by atoms with Gasteiger partial charge in [-0.15, -0.1) is 0 Å². The molecule has 0 saturated heterocycles. The summed E-state index contributed by atoms with van der Waals surface area (Å²) in [5, 5.41) is 33.7. The molecule has 0 unspecified atom stereocenters. The van der Waals surface area contributed by atoms with Crippen molar-refractivity contribution < 1.29 is 34.1 Å². The molecule has 8 N–H and O–H groups in total. The number of halogens is 2. The van der Waals surface area contributed by atoms with Crippen LogP contribution in [-0.4, -0.2) is 109 Å². The number of hydrogen-bond acceptors (Lipinski definition) is 11. The zero-order valence-electron chi connectivity index (χ0n) is 35.0. The third-order valence-corrected chi connectivity index (χ3v) is 11.7. The Labute approximate surface area is 378 Å². The lowest BCUT2D eigenvalue weighted by Crippen LogP contribution is -2.37. The molecule has 0 fully saturated rings. The molecular weight excluding hydrogens is 863 g/mol. The number of nitrogens with zero attached hydrogens (tertiary/aromatic N) is 5. The third-order valence-electron chi connectivity index (χ3n) is 10.9. The molecule has 6 aromatic rings. The summed E-state index contributed by atoms with van der Waals surface area (Å²) in [6, 6.07) is 13.8. The Morgan fingerprint density at radius 2 is 1.67 bits per heavy atom. The molecule has 334 valence electrons. The predicted octanol–water partition coefficient (Wildman–Crippen LogP) is 4.65. The molecule has 64 heavy (non-hydrogen) atoms. The van der Waals surface area contributed by atoms with Crippen molar-refractivity contribution in [3.63, 3.8) is 0 Å². The number of aliphatic hydroxyl groups is 1. The van der Waals surface area contributed by atoms with Gasteiger partial charge in [-0.2, -0.15) is 5.10 Å². The quantitative estimate of drug-likeness (QED) is 0.0586. The van der Waals surface area contributed by atoms with Gasteiger partial charge in [0.1, 0.15) is 23.9 Å². The number of amides is 4. The van der Waals surface area contributed by atoms with Crippen molar-refractivity contribution >= 4 is 63.6 Å². The number of nitrogen functional groups attached to an aromatic ring is 1. The second-order valence-corrected chi connectivity index (χ2v) is 15.8. The molecule has 7 rings (SSSR count). The maximum Gasteiger partial charge on any atom is 0.269 e. The van der Waals surface area contributed by atoms with Crippen LogP contribution in [0.5, 0.6) is 5.75 Å². The first-order chi connectivity index (χ1) is 30.9. The van der Waals surface area contributed by atoms with Crippen molar-refractivity contribution in [2.75, 3.05) is 51.7 Å². The number of aromatic hydroxyl groups is 1. The summed E-state index contributed by atoms with van der Waals surface area (Å²) in [4.78, 5) is 63.6. The fourth-order valence-electron chi connectivity index (χ4n) is 7.70. The first kappa shape index (κ1) is 45.5. The summed E-state index contributed by atoms with van der Waals surface area (Å²) in [7, 11) is 0. The highest BCUT2D eigenvalue weighted by molar-refractivity contribution is 6.45. The average Bonchev–Trinajstić information content (AvgIpc) is 3.94. The van der Waals surface area contributed by atoms with Gasteiger partial charge in [0.25, 0.3) is 5.91 Å². The Hall–Kier alpha value is -6.53. The maximum atomic E-state index is 12.8. The molecular formula is C45H48Cl2N10O7. The molecule has 17 nitrogen and oxygen atoms in total. The molecule has 0 radical (unpaired) electrons. The van der Waals surface area contributed by atoms with Gasteiger partial charge < -0.3 is 46.5 Å². The van der Waals surface area contributed by atoms with Crippen LogP contribution in [0.15, 0.2) is 67.1 Å². The van der Waals surface area contributed by atoms with E-state index >= 15 is 0 Å². The lowest BCUT2D eigenvalue weighted by Gasteiger charge is -2.26. The normalized spacial score (nSPS) is 12.3. The molecule has 0 atom stereocenters. The fourth-order valence-corrected chi connectivity index (χ4v) is 8.10. The molecule has 2 aromatic carbocycles. The molecule has 4 aromatic heterocycles. The van der Waals surface area contributed by atoms with E-state index in [1.807, 2.05) is 13.0 Å². The van der Waals surface area contributed by atoms with Crippen LogP contribution >= 0.6 is 23.2 Å². The Morgan fingerprint density at radius 1 is 0.906 bits per heavy atom. The van der Waals surface area contributed by atoms with E-state index in [0.29, 0.717) is 66.1 Å². The number of anilines is 1. The number of nitrogens with two attached hydrogens (primary N) is 1. The van der Waals surface area contributed by atoms with Crippen LogP contribution in [0.1, 0.15) is 47.1 Å². The van der Waals surface area contributed by atoms with Gasteiger partial charge in [0.05, 0.1) is 41.0 Å². The highest BCUT2D eigenvalue weighted by Gasteiger charge is 2.27. The van der Waals surface area contributed by atoms with Gasteiger partial charge in [-0.05, 0) is 47.9 Å². The molecule has 5 heterocycles. The second kappa shape index (κ2) is 20.8. The molecule has 4 amide bonds. The SMILES string of the molecule is CCc1c(-c2ccc(C(=O)NCCC(=O)NCCOCCC(=O)NCCn3ccc(-c4cc(Cl)c(Cl)c5[nH]c6c(c45)CN(C(=O)CO)CC6)n3)nc2)cnc(N)c1-c1ccc(O)cc1. The summed E-state index contributed by atoms with van der Waals surface area (Å²) >= 11 is 13.1. The number of benzene rings is 2. The van der Waals surface area contributed by atoms with Gasteiger partial charge in [-0.25, -0.2) is 4.98 Å². The first-order valence-electron chi connectivity index (χ1n) is 20.8. The number of carbonyl (C=O) groups is 4. The van der Waals surface area contributed by atoms with Crippen molar-refractivity contribution in [2.45, 2.75) is 45.7 Å². The summed E-state index contributed by atoms with van der Waals surface area (Å²) in [5.74, 6) is -0.703. The number of aromatic nitrogens is 5. The topological polar surface area (TPSA) is 243 Å². The highest BCUT2D eigenvalue weighted by Crippen LogP contribution is 2.42. The number of phenols is 1. The van der Waals surface area contributed by atoms with E-state index in [9.17, 15) is 29.4 Å². The van der Waals surface area contributed by atoms with Crippen molar-refractivity contribution in [1.82, 2.24) is 45.6 Å². The fraction of sp³-hybridized carbons (Fsp3) is 0.311. The van der Waals surface area contributed by atoms with Crippen LogP contribution in [0.2, 0.25) is 10.0 Å². The Morgan fingerprint density at radius 3 is 2.42 bits per heavy atom. The van der Waals surface area contributed by atoms with Crippen LogP contribution in [0.3, 0.4) is 0 Å². The minimum absolute atomic E-state index is 0.0547. The van der Waals surface area contributed by atoms with Gasteiger partial charge in [0.15, 0.2) is 0 Å². The number of pyridine rings is 2. The lowest BCUT2D eigenvalue weighted by atomic mass is 9.92. The zero-order valence-corrected chi connectivity index (χ0v) is 36.6. The van der Waals surface area contributed by atoms with E-state index in [-0.39, 0.29) is 68.3 Å². The number of nitrogens with one attached hydrogen (secondary N) is 4. The number of phenolic OH excluding ortho intramolecular Hbond substituents is 1. The molecule has 1 aliphatic rings. The minimum Gasteiger partial charge on any atom is -0.508 e. The van der Waals surface area contributed by atoms with Crippen molar-refractivity contribution in [3.05, 3.63) is 99.7 Å². The Balaban J connectivity index is 0.788. The van der Waals surface area contributed by atoms with Crippen LogP contribution in [-0.2, 0) is 45.1 Å². The molecule has 0 saturated carbocycles. The molecule has 0 aliphatic carbocycles. The van der Waals surface area contributed by atoms with Gasteiger partial charge in [0, 0.05) is 109 Å². The van der Waals surface area contributed by atoms with Crippen molar-refractivity contribution in [1.29, 1.82) is 0 Å². The molecule has 1 aliphatic heterocycles. The first-order valence-corrected chi connectivity index (χ1v) is 21.6. The number of ether oxygens (including phenoxy) is 1. The van der Waals surface area contributed by atoms with E-state index in [0.717, 1.165) is 50.0 Å². The summed E-state index contributed by atoms with van der Waals surface area (Å²) in [6.07, 6.45) is 6.52. The van der Waals surface area contributed by atoms with Crippen LogP contribution in [0.25, 0.3) is 44.4 Å². The summed E-state index contributed by atoms with van der Waals surface area (Å²) in [6.45, 7) is 3.70. The van der Waals surface area contributed by atoms with E-state index in [1.165, 1.54) is 0 Å². The van der Waals surface area contributed by atoms with Gasteiger partial charge >= 0.3 is 0 Å². The number of aliphatic hydroxyl groups excluding tert-OH is 1. The number of aromatic amines is 1. The van der Waals surface area contributed by atoms with Crippen molar-refractivity contribution in [3.8, 4) is 39.3 Å². The Bertz CT molecular complexity index is 2670. The Kier molecular flexibility index (Phi) is 14.8. The predicted molar refractivity (Wildman–Crippen MR) is 243 cm³/mol.